The molecule has 1 spiro atoms. The Bertz CT molecular complexity index is 1350. The number of nitrogens with one attached hydrogen (secondary N) is 3. The highest BCUT2D eigenvalue weighted by molar-refractivity contribution is 7.89. The molecule has 3 amide bonds. The predicted molar refractivity (Wildman–Crippen MR) is 118 cm³/mol. The van der Waals surface area contributed by atoms with E-state index >= 15 is 0 Å². The maximum absolute atomic E-state index is 12.7. The lowest BCUT2D eigenvalue weighted by molar-refractivity contribution is -0.123. The molecule has 2 fully saturated rings. The fourth-order valence-electron chi connectivity index (χ4n) is 4.43. The molecule has 3 aromatic rings. The van der Waals surface area contributed by atoms with Crippen LogP contribution < -0.4 is 20.1 Å². The van der Waals surface area contributed by atoms with E-state index in [9.17, 15) is 18.0 Å². The zero-order valence-corrected chi connectivity index (χ0v) is 18.6. The summed E-state index contributed by atoms with van der Waals surface area (Å²) in [6.07, 6.45) is 2.79. The van der Waals surface area contributed by atoms with Gasteiger partial charge in [0.1, 0.15) is 27.5 Å². The summed E-state index contributed by atoms with van der Waals surface area (Å²) in [6.45, 7) is 0.167. The number of methoxy groups -OCH3 is 1. The molecule has 33 heavy (non-hydrogen) atoms. The van der Waals surface area contributed by atoms with Gasteiger partial charge in [-0.2, -0.15) is 0 Å². The van der Waals surface area contributed by atoms with Crippen molar-refractivity contribution >= 4 is 32.9 Å². The largest absolute Gasteiger partial charge is 0.497 e. The first-order chi connectivity index (χ1) is 15.8. The first-order valence-electron chi connectivity index (χ1n) is 10.5. The summed E-state index contributed by atoms with van der Waals surface area (Å²) in [5, 5.41) is 5.81. The van der Waals surface area contributed by atoms with E-state index in [-0.39, 0.29) is 23.3 Å². The van der Waals surface area contributed by atoms with E-state index in [1.807, 2.05) is 18.2 Å². The molecule has 172 valence electrons. The van der Waals surface area contributed by atoms with Crippen molar-refractivity contribution in [3.63, 3.8) is 0 Å². The van der Waals surface area contributed by atoms with Gasteiger partial charge < -0.3 is 14.5 Å². The Hall–Kier alpha value is -3.44. The molecule has 2 aromatic heterocycles. The summed E-state index contributed by atoms with van der Waals surface area (Å²) in [6, 6.07) is 9.86. The van der Waals surface area contributed by atoms with Crippen molar-refractivity contribution in [2.75, 3.05) is 13.7 Å². The fourth-order valence-corrected chi connectivity index (χ4v) is 5.49. The summed E-state index contributed by atoms with van der Waals surface area (Å²) in [5.41, 5.74) is 0.225. The number of aromatic nitrogens is 1. The monoisotopic (exact) mass is 470 g/mol. The first kappa shape index (κ1) is 21.4. The molecular formula is C22H22N4O6S. The number of rotatable bonds is 6. The SMILES string of the molecule is COc1ccc2cc(-c3ccc(S(=O)(=O)NCC4CCC5(C4)NC(=O)NC5=O)cn3)oc2c1. The van der Waals surface area contributed by atoms with Crippen molar-refractivity contribution in [3.8, 4) is 17.2 Å². The third-order valence-electron chi connectivity index (χ3n) is 6.22. The van der Waals surface area contributed by atoms with Crippen LogP contribution in [0.1, 0.15) is 19.3 Å². The molecule has 1 aliphatic carbocycles. The lowest BCUT2D eigenvalue weighted by Crippen LogP contribution is -2.44. The second-order valence-corrected chi connectivity index (χ2v) is 10.1. The Morgan fingerprint density at radius 3 is 2.79 bits per heavy atom. The van der Waals surface area contributed by atoms with Crippen LogP contribution in [0.5, 0.6) is 5.75 Å². The van der Waals surface area contributed by atoms with Crippen molar-refractivity contribution in [2.24, 2.45) is 5.92 Å². The number of pyridine rings is 1. The van der Waals surface area contributed by atoms with Gasteiger partial charge >= 0.3 is 6.03 Å². The van der Waals surface area contributed by atoms with Crippen LogP contribution in [-0.2, 0) is 14.8 Å². The molecule has 2 aliphatic rings. The van der Waals surface area contributed by atoms with E-state index in [0.717, 1.165) is 5.39 Å². The van der Waals surface area contributed by atoms with Crippen LogP contribution in [-0.4, -0.2) is 44.5 Å². The third kappa shape index (κ3) is 3.93. The summed E-state index contributed by atoms with van der Waals surface area (Å²) in [4.78, 5) is 27.8. The minimum Gasteiger partial charge on any atom is -0.497 e. The molecule has 11 heteroatoms. The van der Waals surface area contributed by atoms with Gasteiger partial charge in [0.15, 0.2) is 5.76 Å². The highest BCUT2D eigenvalue weighted by Gasteiger charge is 2.50. The van der Waals surface area contributed by atoms with Crippen LogP contribution >= 0.6 is 0 Å². The van der Waals surface area contributed by atoms with Crippen LogP contribution in [0.15, 0.2) is 51.9 Å². The van der Waals surface area contributed by atoms with E-state index in [2.05, 4.69) is 20.3 Å². The summed E-state index contributed by atoms with van der Waals surface area (Å²) in [5.74, 6) is 0.779. The number of nitrogens with zero attached hydrogens (tertiary/aromatic N) is 1. The van der Waals surface area contributed by atoms with Gasteiger partial charge in [0.05, 0.1) is 7.11 Å². The minimum absolute atomic E-state index is 0.0312. The van der Waals surface area contributed by atoms with Crippen LogP contribution in [0.3, 0.4) is 0 Å². The van der Waals surface area contributed by atoms with Gasteiger partial charge in [0.2, 0.25) is 10.0 Å². The highest BCUT2D eigenvalue weighted by Crippen LogP contribution is 2.36. The topological polar surface area (TPSA) is 140 Å². The van der Waals surface area contributed by atoms with Crippen LogP contribution in [0.4, 0.5) is 4.79 Å². The summed E-state index contributed by atoms with van der Waals surface area (Å²) in [7, 11) is -2.21. The predicted octanol–water partition coefficient (Wildman–Crippen LogP) is 2.16. The van der Waals surface area contributed by atoms with E-state index in [4.69, 9.17) is 9.15 Å². The van der Waals surface area contributed by atoms with Crippen LogP contribution in [0, 0.1) is 5.92 Å². The van der Waals surface area contributed by atoms with E-state index in [0.29, 0.717) is 42.0 Å². The maximum atomic E-state index is 12.7. The van der Waals surface area contributed by atoms with Gasteiger partial charge in [-0.3, -0.25) is 15.1 Å². The Kier molecular flexibility index (Phi) is 5.09. The molecule has 3 heterocycles. The zero-order valence-electron chi connectivity index (χ0n) is 17.8. The third-order valence-corrected chi connectivity index (χ3v) is 7.63. The maximum Gasteiger partial charge on any atom is 0.322 e. The molecule has 0 bridgehead atoms. The molecule has 10 nitrogen and oxygen atoms in total. The fraction of sp³-hybridized carbons (Fsp3) is 0.318. The molecule has 1 aliphatic heterocycles. The molecule has 2 atom stereocenters. The number of fused-ring (bicyclic) bond motifs is 1. The number of sulfonamides is 1. The molecule has 1 saturated carbocycles. The van der Waals surface area contributed by atoms with Crippen molar-refractivity contribution < 1.29 is 27.2 Å². The lowest BCUT2D eigenvalue weighted by atomic mass is 9.96. The Morgan fingerprint density at radius 2 is 2.09 bits per heavy atom. The number of furan rings is 1. The summed E-state index contributed by atoms with van der Waals surface area (Å²) >= 11 is 0. The number of hydrogen-bond donors (Lipinski definition) is 3. The summed E-state index contributed by atoms with van der Waals surface area (Å²) < 4.78 is 39.1. The Balaban J connectivity index is 1.26. The number of ether oxygens (including phenoxy) is 1. The van der Waals surface area contributed by atoms with Crippen molar-refractivity contribution in [1.29, 1.82) is 0 Å². The number of hydrogen-bond acceptors (Lipinski definition) is 7. The standard InChI is InChI=1S/C22H22N4O6S/c1-31-15-3-2-14-8-19(32-18(14)9-15)17-5-4-16(12-23-17)33(29,30)24-11-13-6-7-22(10-13)20(27)25-21(28)26-22/h2-5,8-9,12-13,24H,6-7,10-11H2,1H3,(H2,25,26,27,28). The second kappa shape index (κ2) is 7.85. The second-order valence-electron chi connectivity index (χ2n) is 8.34. The van der Waals surface area contributed by atoms with Gasteiger partial charge in [-0.05, 0) is 55.5 Å². The Morgan fingerprint density at radius 1 is 1.24 bits per heavy atom. The van der Waals surface area contributed by atoms with Crippen LogP contribution in [0.25, 0.3) is 22.4 Å². The van der Waals surface area contributed by atoms with Crippen molar-refractivity contribution in [3.05, 3.63) is 42.6 Å². The zero-order chi connectivity index (χ0) is 23.2. The van der Waals surface area contributed by atoms with Crippen molar-refractivity contribution in [1.82, 2.24) is 20.3 Å². The quantitative estimate of drug-likeness (QED) is 0.469. The van der Waals surface area contributed by atoms with Gasteiger partial charge in [-0.25, -0.2) is 17.9 Å². The van der Waals surface area contributed by atoms with E-state index in [1.165, 1.54) is 12.3 Å². The van der Waals surface area contributed by atoms with E-state index in [1.54, 1.807) is 19.2 Å². The average Bonchev–Trinajstić information content (AvgIpc) is 3.49. The average molecular weight is 471 g/mol. The minimum atomic E-state index is -3.79. The number of carbonyl (C=O) groups is 2. The normalized spacial score (nSPS) is 22.6. The van der Waals surface area contributed by atoms with E-state index < -0.39 is 21.6 Å². The van der Waals surface area contributed by atoms with Gasteiger partial charge in [-0.15, -0.1) is 0 Å². The molecule has 5 rings (SSSR count). The molecular weight excluding hydrogens is 448 g/mol. The van der Waals surface area contributed by atoms with Gasteiger partial charge in [-0.1, -0.05) is 0 Å². The number of amides is 3. The number of benzene rings is 1. The molecule has 3 N–H and O–H groups in total. The van der Waals surface area contributed by atoms with Gasteiger partial charge in [0.25, 0.3) is 5.91 Å². The molecule has 0 radical (unpaired) electrons. The smallest absolute Gasteiger partial charge is 0.322 e. The number of carbonyl (C=O) groups excluding carboxylic acids is 2. The lowest BCUT2D eigenvalue weighted by Gasteiger charge is -2.19. The van der Waals surface area contributed by atoms with Gasteiger partial charge in [0, 0.05) is 24.2 Å². The van der Waals surface area contributed by atoms with Crippen LogP contribution in [0.2, 0.25) is 0 Å². The molecule has 1 saturated heterocycles. The molecule has 2 unspecified atom stereocenters. The molecule has 1 aromatic carbocycles. The Labute approximate surface area is 189 Å². The van der Waals surface area contributed by atoms with Crippen molar-refractivity contribution in [2.45, 2.75) is 29.7 Å². The number of imide groups is 1. The highest BCUT2D eigenvalue weighted by atomic mass is 32.2. The number of urea groups is 1. The first-order valence-corrected chi connectivity index (χ1v) is 11.9.